The van der Waals surface area contributed by atoms with Crippen molar-refractivity contribution in [3.8, 4) is 17.0 Å². The summed E-state index contributed by atoms with van der Waals surface area (Å²) in [7, 11) is 1.65. The van der Waals surface area contributed by atoms with Gasteiger partial charge >= 0.3 is 0 Å². The highest BCUT2D eigenvalue weighted by atomic mass is 35.5. The number of nitrogens with zero attached hydrogens (tertiary/aromatic N) is 4. The molecule has 0 spiro atoms. The zero-order valence-corrected chi connectivity index (χ0v) is 18.8. The molecule has 1 aliphatic rings. The molecule has 2 aromatic carbocycles. The standard InChI is InChI=1S/C26H25ClN4O/c1-32-21-8-9-22-23(27)16-24(29-25(22)15-21)20-7-10-26(28-17-20)31-13-11-30(12-14-31)18-19-5-3-2-4-6-19/h2-10,15-17H,11-14,18H2,1H3. The summed E-state index contributed by atoms with van der Waals surface area (Å²) in [5.41, 5.74) is 3.93. The molecule has 3 heterocycles. The lowest BCUT2D eigenvalue weighted by Crippen LogP contribution is -2.46. The first kappa shape index (κ1) is 20.7. The lowest BCUT2D eigenvalue weighted by atomic mass is 10.1. The van der Waals surface area contributed by atoms with Crippen LogP contribution in [0.1, 0.15) is 5.56 Å². The lowest BCUT2D eigenvalue weighted by molar-refractivity contribution is 0.249. The summed E-state index contributed by atoms with van der Waals surface area (Å²) in [4.78, 5) is 14.4. The van der Waals surface area contributed by atoms with Gasteiger partial charge < -0.3 is 9.64 Å². The average Bonchev–Trinajstić information content (AvgIpc) is 2.85. The average molecular weight is 445 g/mol. The molecule has 5 nitrogen and oxygen atoms in total. The van der Waals surface area contributed by atoms with Crippen LogP contribution in [-0.2, 0) is 6.54 Å². The number of halogens is 1. The first-order valence-electron chi connectivity index (χ1n) is 10.8. The number of benzene rings is 2. The Balaban J connectivity index is 1.28. The summed E-state index contributed by atoms with van der Waals surface area (Å²) >= 11 is 6.52. The molecule has 32 heavy (non-hydrogen) atoms. The molecule has 0 aliphatic carbocycles. The zero-order valence-electron chi connectivity index (χ0n) is 18.0. The van der Waals surface area contributed by atoms with E-state index in [1.54, 1.807) is 7.11 Å². The van der Waals surface area contributed by atoms with Gasteiger partial charge in [0.1, 0.15) is 11.6 Å². The number of methoxy groups -OCH3 is 1. The normalized spacial score (nSPS) is 14.6. The van der Waals surface area contributed by atoms with Crippen LogP contribution in [0.3, 0.4) is 0 Å². The maximum atomic E-state index is 6.52. The number of aromatic nitrogens is 2. The number of hydrogen-bond donors (Lipinski definition) is 0. The smallest absolute Gasteiger partial charge is 0.128 e. The maximum absolute atomic E-state index is 6.52. The summed E-state index contributed by atoms with van der Waals surface area (Å²) in [6.45, 7) is 5.00. The highest BCUT2D eigenvalue weighted by molar-refractivity contribution is 6.35. The van der Waals surface area contributed by atoms with Gasteiger partial charge in [-0.15, -0.1) is 0 Å². The molecule has 0 atom stereocenters. The van der Waals surface area contributed by atoms with Gasteiger partial charge in [0.2, 0.25) is 0 Å². The Morgan fingerprint density at radius 2 is 1.75 bits per heavy atom. The van der Waals surface area contributed by atoms with Crippen molar-refractivity contribution in [1.82, 2.24) is 14.9 Å². The van der Waals surface area contributed by atoms with Gasteiger partial charge in [-0.2, -0.15) is 0 Å². The fraction of sp³-hybridized carbons (Fsp3) is 0.231. The molecular formula is C26H25ClN4O. The summed E-state index contributed by atoms with van der Waals surface area (Å²) in [6, 6.07) is 22.4. The van der Waals surface area contributed by atoms with E-state index in [-0.39, 0.29) is 0 Å². The third kappa shape index (κ3) is 4.40. The minimum Gasteiger partial charge on any atom is -0.497 e. The summed E-state index contributed by atoms with van der Waals surface area (Å²) in [5, 5.41) is 1.58. The maximum Gasteiger partial charge on any atom is 0.128 e. The van der Waals surface area contributed by atoms with E-state index in [9.17, 15) is 0 Å². The molecule has 4 aromatic rings. The number of fused-ring (bicyclic) bond motifs is 1. The van der Waals surface area contributed by atoms with E-state index in [1.165, 1.54) is 5.56 Å². The van der Waals surface area contributed by atoms with Crippen molar-refractivity contribution in [2.75, 3.05) is 38.2 Å². The van der Waals surface area contributed by atoms with Gasteiger partial charge in [-0.3, -0.25) is 4.90 Å². The lowest BCUT2D eigenvalue weighted by Gasteiger charge is -2.35. The number of hydrogen-bond acceptors (Lipinski definition) is 5. The summed E-state index contributed by atoms with van der Waals surface area (Å²) in [5.74, 6) is 1.76. The van der Waals surface area contributed by atoms with E-state index in [2.05, 4.69) is 52.3 Å². The van der Waals surface area contributed by atoms with Crippen LogP contribution in [0.5, 0.6) is 5.75 Å². The minimum absolute atomic E-state index is 0.672. The molecular weight excluding hydrogens is 420 g/mol. The fourth-order valence-corrected chi connectivity index (χ4v) is 4.41. The Labute approximate surface area is 193 Å². The second-order valence-electron chi connectivity index (χ2n) is 8.03. The van der Waals surface area contributed by atoms with Crippen molar-refractivity contribution in [3.05, 3.63) is 83.5 Å². The molecule has 1 saturated heterocycles. The van der Waals surface area contributed by atoms with Crippen LogP contribution in [-0.4, -0.2) is 48.2 Å². The van der Waals surface area contributed by atoms with Gasteiger partial charge in [-0.1, -0.05) is 41.9 Å². The minimum atomic E-state index is 0.672. The van der Waals surface area contributed by atoms with Gasteiger partial charge in [0, 0.05) is 55.9 Å². The number of anilines is 1. The quantitative estimate of drug-likeness (QED) is 0.419. The van der Waals surface area contributed by atoms with E-state index in [4.69, 9.17) is 26.3 Å². The van der Waals surface area contributed by atoms with Crippen LogP contribution < -0.4 is 9.64 Å². The van der Waals surface area contributed by atoms with Crippen LogP contribution in [0, 0.1) is 0 Å². The van der Waals surface area contributed by atoms with Crippen molar-refractivity contribution in [1.29, 1.82) is 0 Å². The van der Waals surface area contributed by atoms with Crippen LogP contribution in [0.15, 0.2) is 72.9 Å². The SMILES string of the molecule is COc1ccc2c(Cl)cc(-c3ccc(N4CCN(Cc5ccccc5)CC4)nc3)nc2c1. The predicted molar refractivity (Wildman–Crippen MR) is 130 cm³/mol. The molecule has 0 N–H and O–H groups in total. The second kappa shape index (κ2) is 9.15. The van der Waals surface area contributed by atoms with Crippen molar-refractivity contribution < 1.29 is 4.74 Å². The second-order valence-corrected chi connectivity index (χ2v) is 8.43. The Hall–Kier alpha value is -3.15. The number of pyridine rings is 2. The van der Waals surface area contributed by atoms with E-state index in [0.29, 0.717) is 5.02 Å². The van der Waals surface area contributed by atoms with E-state index >= 15 is 0 Å². The van der Waals surface area contributed by atoms with Crippen molar-refractivity contribution in [3.63, 3.8) is 0 Å². The largest absolute Gasteiger partial charge is 0.497 e. The van der Waals surface area contributed by atoms with E-state index in [0.717, 1.165) is 66.5 Å². The molecule has 5 rings (SSSR count). The molecule has 0 bridgehead atoms. The molecule has 2 aromatic heterocycles. The van der Waals surface area contributed by atoms with Gasteiger partial charge in [-0.05, 0) is 35.9 Å². The molecule has 1 aliphatic heterocycles. The Bertz CT molecular complexity index is 1210. The Kier molecular flexibility index (Phi) is 5.93. The van der Waals surface area contributed by atoms with Gasteiger partial charge in [0.25, 0.3) is 0 Å². The molecule has 0 unspecified atom stereocenters. The zero-order chi connectivity index (χ0) is 21.9. The number of piperazine rings is 1. The van der Waals surface area contributed by atoms with Gasteiger partial charge in [0.15, 0.2) is 0 Å². The van der Waals surface area contributed by atoms with Gasteiger partial charge in [-0.25, -0.2) is 9.97 Å². The molecule has 0 radical (unpaired) electrons. The third-order valence-electron chi connectivity index (χ3n) is 5.96. The fourth-order valence-electron chi connectivity index (χ4n) is 4.14. The molecule has 0 amide bonds. The number of rotatable bonds is 5. The molecule has 162 valence electrons. The van der Waals surface area contributed by atoms with Crippen LogP contribution in [0.4, 0.5) is 5.82 Å². The predicted octanol–water partition coefficient (Wildman–Crippen LogP) is 5.28. The highest BCUT2D eigenvalue weighted by Crippen LogP contribution is 2.30. The van der Waals surface area contributed by atoms with Crippen LogP contribution in [0.25, 0.3) is 22.2 Å². The summed E-state index contributed by atoms with van der Waals surface area (Å²) in [6.07, 6.45) is 1.89. The highest BCUT2D eigenvalue weighted by Gasteiger charge is 2.18. The third-order valence-corrected chi connectivity index (χ3v) is 6.27. The van der Waals surface area contributed by atoms with Crippen LogP contribution in [0.2, 0.25) is 5.02 Å². The summed E-state index contributed by atoms with van der Waals surface area (Å²) < 4.78 is 5.33. The van der Waals surface area contributed by atoms with E-state index in [1.807, 2.05) is 30.5 Å². The first-order valence-corrected chi connectivity index (χ1v) is 11.2. The molecule has 6 heteroatoms. The van der Waals surface area contributed by atoms with Crippen molar-refractivity contribution >= 4 is 28.3 Å². The van der Waals surface area contributed by atoms with Gasteiger partial charge in [0.05, 0.1) is 23.3 Å². The van der Waals surface area contributed by atoms with Crippen molar-refractivity contribution in [2.45, 2.75) is 6.54 Å². The monoisotopic (exact) mass is 444 g/mol. The first-order chi connectivity index (χ1) is 15.7. The van der Waals surface area contributed by atoms with Crippen molar-refractivity contribution in [2.24, 2.45) is 0 Å². The number of ether oxygens (including phenoxy) is 1. The van der Waals surface area contributed by atoms with Crippen LogP contribution >= 0.6 is 11.6 Å². The Morgan fingerprint density at radius 3 is 2.47 bits per heavy atom. The van der Waals surface area contributed by atoms with E-state index < -0.39 is 0 Å². The Morgan fingerprint density at radius 1 is 0.938 bits per heavy atom. The topological polar surface area (TPSA) is 41.5 Å². The molecule has 0 saturated carbocycles. The molecule has 1 fully saturated rings.